The Balaban J connectivity index is 2.04. The molecule has 1 N–H and O–H groups in total. The molecule has 0 saturated carbocycles. The molecule has 0 aromatic heterocycles. The van der Waals surface area contributed by atoms with Crippen LogP contribution in [0.25, 0.3) is 0 Å². The topological polar surface area (TPSA) is 92.7 Å². The van der Waals surface area contributed by atoms with Crippen LogP contribution in [-0.2, 0) is 19.7 Å². The van der Waals surface area contributed by atoms with Gasteiger partial charge in [0.25, 0.3) is 0 Å². The van der Waals surface area contributed by atoms with Crippen LogP contribution < -0.4 is 5.32 Å². The molecule has 2 aromatic carbocycles. The second kappa shape index (κ2) is 6.51. The predicted octanol–water partition coefficient (Wildman–Crippen LogP) is 2.27. The number of hydrogen-bond donors (Lipinski definition) is 1. The molecule has 0 aliphatic carbocycles. The Labute approximate surface area is 135 Å². The zero-order chi connectivity index (χ0) is 17.1. The van der Waals surface area contributed by atoms with Gasteiger partial charge in [-0.2, -0.15) is 0 Å². The summed E-state index contributed by atoms with van der Waals surface area (Å²) in [6, 6.07) is 12.5. The van der Waals surface area contributed by atoms with Gasteiger partial charge in [-0.15, -0.1) is 0 Å². The molecule has 0 bridgehead atoms. The van der Waals surface area contributed by atoms with Crippen molar-refractivity contribution in [2.75, 3.05) is 17.8 Å². The molecule has 23 heavy (non-hydrogen) atoms. The fraction of sp³-hybridized carbons (Fsp3) is 0.133. The average molecular weight is 352 g/mol. The van der Waals surface area contributed by atoms with Gasteiger partial charge in [-0.1, -0.05) is 0 Å². The molecular weight excluding hydrogens is 336 g/mol. The van der Waals surface area contributed by atoms with E-state index in [1.807, 2.05) is 0 Å². The first-order valence-electron chi connectivity index (χ1n) is 6.55. The van der Waals surface area contributed by atoms with E-state index >= 15 is 0 Å². The predicted molar refractivity (Wildman–Crippen MR) is 90.9 cm³/mol. The first-order chi connectivity index (χ1) is 10.7. The molecule has 0 aliphatic heterocycles. The normalized spacial score (nSPS) is 12.4. The Hall–Kier alpha value is -2.19. The van der Waals surface area contributed by atoms with E-state index in [-0.39, 0.29) is 9.79 Å². The average Bonchev–Trinajstić information content (AvgIpc) is 2.46. The van der Waals surface area contributed by atoms with Crippen LogP contribution in [0.4, 0.5) is 11.4 Å². The Morgan fingerprint density at radius 1 is 0.783 bits per heavy atom. The molecule has 2 aromatic rings. The molecule has 0 unspecified atom stereocenters. The third-order valence-electron chi connectivity index (χ3n) is 2.99. The summed E-state index contributed by atoms with van der Waals surface area (Å²) in [6.45, 7) is 0. The summed E-state index contributed by atoms with van der Waals surface area (Å²) in [5.41, 5.74) is 1.28. The van der Waals surface area contributed by atoms with Crippen molar-refractivity contribution in [1.82, 2.24) is 0 Å². The fourth-order valence-electron chi connectivity index (χ4n) is 1.76. The molecule has 2 rings (SSSR count). The highest BCUT2D eigenvalue weighted by Crippen LogP contribution is 2.17. The van der Waals surface area contributed by atoms with Gasteiger partial charge in [0.2, 0.25) is 0 Å². The lowest BCUT2D eigenvalue weighted by molar-refractivity contribution is 0.600. The van der Waals surface area contributed by atoms with Crippen LogP contribution in [-0.4, -0.2) is 35.7 Å². The van der Waals surface area contributed by atoms with Crippen molar-refractivity contribution >= 4 is 37.4 Å². The van der Waals surface area contributed by atoms with E-state index in [1.165, 1.54) is 30.6 Å². The molecule has 0 heterocycles. The maximum Gasteiger partial charge on any atom is 0.175 e. The molecule has 0 radical (unpaired) electrons. The maximum absolute atomic E-state index is 11.4. The van der Waals surface area contributed by atoms with Crippen LogP contribution in [0.2, 0.25) is 0 Å². The first-order valence-corrected chi connectivity index (χ1v) is 10.3. The molecule has 0 spiro atoms. The van der Waals surface area contributed by atoms with Crippen molar-refractivity contribution in [2.24, 2.45) is 4.99 Å². The second-order valence-electron chi connectivity index (χ2n) is 4.97. The molecule has 0 atom stereocenters. The number of rotatable bonds is 5. The van der Waals surface area contributed by atoms with Gasteiger partial charge in [0.1, 0.15) is 0 Å². The van der Waals surface area contributed by atoms with Gasteiger partial charge in [0.05, 0.1) is 21.8 Å². The highest BCUT2D eigenvalue weighted by Gasteiger charge is 2.06. The SMILES string of the molecule is CS(=O)(=O)c1ccc(N=CNc2ccc(S(C)(=O)=O)cc2)cc1. The number of aliphatic imine (C=N–C) groups is 1. The maximum atomic E-state index is 11.4. The Morgan fingerprint density at radius 2 is 1.22 bits per heavy atom. The number of nitrogens with one attached hydrogen (secondary N) is 1. The number of benzene rings is 2. The summed E-state index contributed by atoms with van der Waals surface area (Å²) in [5, 5.41) is 2.91. The lowest BCUT2D eigenvalue weighted by Crippen LogP contribution is -1.98. The monoisotopic (exact) mass is 352 g/mol. The quantitative estimate of drug-likeness (QED) is 0.658. The highest BCUT2D eigenvalue weighted by molar-refractivity contribution is 7.91. The second-order valence-corrected chi connectivity index (χ2v) is 9.00. The zero-order valence-electron chi connectivity index (χ0n) is 12.6. The van der Waals surface area contributed by atoms with E-state index in [9.17, 15) is 16.8 Å². The van der Waals surface area contributed by atoms with Crippen molar-refractivity contribution in [3.05, 3.63) is 48.5 Å². The van der Waals surface area contributed by atoms with Crippen LogP contribution in [0.3, 0.4) is 0 Å². The number of anilines is 1. The molecule has 0 fully saturated rings. The Kier molecular flexibility index (Phi) is 4.86. The third-order valence-corrected chi connectivity index (χ3v) is 5.25. The molecule has 0 saturated heterocycles. The number of sulfone groups is 2. The summed E-state index contributed by atoms with van der Waals surface area (Å²) < 4.78 is 45.4. The van der Waals surface area contributed by atoms with Gasteiger partial charge in [-0.05, 0) is 48.5 Å². The lowest BCUT2D eigenvalue weighted by Gasteiger charge is -2.02. The first kappa shape index (κ1) is 17.2. The molecular formula is C15H16N2O4S2. The molecule has 0 aliphatic rings. The van der Waals surface area contributed by atoms with Crippen LogP contribution >= 0.6 is 0 Å². The van der Waals surface area contributed by atoms with E-state index in [0.29, 0.717) is 11.4 Å². The molecule has 6 nitrogen and oxygen atoms in total. The Morgan fingerprint density at radius 3 is 1.65 bits per heavy atom. The number of hydrogen-bond acceptors (Lipinski definition) is 5. The Bertz CT molecular complexity index is 914. The van der Waals surface area contributed by atoms with Crippen molar-refractivity contribution in [3.8, 4) is 0 Å². The summed E-state index contributed by atoms with van der Waals surface area (Å²) in [4.78, 5) is 4.63. The van der Waals surface area contributed by atoms with Gasteiger partial charge >= 0.3 is 0 Å². The van der Waals surface area contributed by atoms with Gasteiger partial charge in [0, 0.05) is 18.2 Å². The summed E-state index contributed by atoms with van der Waals surface area (Å²) in [7, 11) is -6.43. The van der Waals surface area contributed by atoms with Crippen molar-refractivity contribution < 1.29 is 16.8 Å². The van der Waals surface area contributed by atoms with Crippen LogP contribution in [0.5, 0.6) is 0 Å². The van der Waals surface area contributed by atoms with E-state index in [4.69, 9.17) is 0 Å². The minimum atomic E-state index is -3.22. The van der Waals surface area contributed by atoms with Gasteiger partial charge in [-0.25, -0.2) is 21.8 Å². The van der Waals surface area contributed by atoms with E-state index in [0.717, 1.165) is 12.5 Å². The minimum absolute atomic E-state index is 0.237. The van der Waals surface area contributed by atoms with Gasteiger partial charge in [-0.3, -0.25) is 0 Å². The fourth-order valence-corrected chi connectivity index (χ4v) is 3.02. The van der Waals surface area contributed by atoms with E-state index in [1.54, 1.807) is 24.3 Å². The molecule has 8 heteroatoms. The molecule has 122 valence electrons. The van der Waals surface area contributed by atoms with Crippen LogP contribution in [0.15, 0.2) is 63.3 Å². The standard InChI is InChI=1S/C15H16N2O4S2/c1-22(18,19)14-7-3-12(4-8-14)16-11-17-13-5-9-15(10-6-13)23(2,20)21/h3-11H,1-2H3,(H,16,17). The highest BCUT2D eigenvalue weighted by atomic mass is 32.2. The summed E-state index contributed by atoms with van der Waals surface area (Å²) >= 11 is 0. The molecule has 0 amide bonds. The van der Waals surface area contributed by atoms with Crippen molar-refractivity contribution in [2.45, 2.75) is 9.79 Å². The van der Waals surface area contributed by atoms with Crippen LogP contribution in [0, 0.1) is 0 Å². The minimum Gasteiger partial charge on any atom is -0.346 e. The van der Waals surface area contributed by atoms with Crippen molar-refractivity contribution in [1.29, 1.82) is 0 Å². The van der Waals surface area contributed by atoms with Crippen molar-refractivity contribution in [3.63, 3.8) is 0 Å². The van der Waals surface area contributed by atoms with E-state index in [2.05, 4.69) is 10.3 Å². The third kappa shape index (κ3) is 4.90. The largest absolute Gasteiger partial charge is 0.346 e. The van der Waals surface area contributed by atoms with Gasteiger partial charge in [0.15, 0.2) is 19.7 Å². The smallest absolute Gasteiger partial charge is 0.175 e. The zero-order valence-corrected chi connectivity index (χ0v) is 14.2. The van der Waals surface area contributed by atoms with E-state index < -0.39 is 19.7 Å². The summed E-state index contributed by atoms with van der Waals surface area (Å²) in [6.07, 6.45) is 3.74. The number of nitrogens with zero attached hydrogens (tertiary/aromatic N) is 1. The summed E-state index contributed by atoms with van der Waals surface area (Å²) in [5.74, 6) is 0. The van der Waals surface area contributed by atoms with Gasteiger partial charge < -0.3 is 5.32 Å². The van der Waals surface area contributed by atoms with Crippen LogP contribution in [0.1, 0.15) is 0 Å². The lowest BCUT2D eigenvalue weighted by atomic mass is 10.3.